The second kappa shape index (κ2) is 10.4. The Kier molecular flexibility index (Phi) is 9.60. The van der Waals surface area contributed by atoms with E-state index in [1.54, 1.807) is 0 Å². The van der Waals surface area contributed by atoms with Crippen LogP contribution in [0.15, 0.2) is 0 Å². The van der Waals surface area contributed by atoms with E-state index in [4.69, 9.17) is 25.4 Å². The quantitative estimate of drug-likeness (QED) is 0.228. The molecule has 11 heteroatoms. The first-order valence-corrected chi connectivity index (χ1v) is 5.13. The topological polar surface area (TPSA) is 158 Å². The lowest BCUT2D eigenvalue weighted by atomic mass is 10.3. The number of rotatable bonds is 10. The van der Waals surface area contributed by atoms with Crippen LogP contribution in [0.1, 0.15) is 0 Å². The van der Waals surface area contributed by atoms with Gasteiger partial charge in [-0.3, -0.25) is 10.4 Å². The van der Waals surface area contributed by atoms with Crippen molar-refractivity contribution in [2.75, 3.05) is 33.0 Å². The summed E-state index contributed by atoms with van der Waals surface area (Å²) in [6.45, 7) is -0.991. The number of alkyl carbamates (subject to hydrolysis) is 1. The van der Waals surface area contributed by atoms with Crippen molar-refractivity contribution in [2.24, 2.45) is 0 Å². The van der Waals surface area contributed by atoms with Crippen LogP contribution in [-0.2, 0) is 19.1 Å². The van der Waals surface area contributed by atoms with Crippen molar-refractivity contribution in [3.8, 4) is 0 Å². The van der Waals surface area contributed by atoms with E-state index in [9.17, 15) is 9.59 Å². The van der Waals surface area contributed by atoms with Gasteiger partial charge in [-0.1, -0.05) is 0 Å². The van der Waals surface area contributed by atoms with Crippen LogP contribution in [0.3, 0.4) is 0 Å². The number of carboxylic acid groups (broad SMARTS) is 1. The number of ether oxygens (including phenoxy) is 2. The zero-order chi connectivity index (χ0) is 14.7. The highest BCUT2D eigenvalue weighted by atomic mass is 17.1. The molecule has 0 fully saturated rings. The van der Waals surface area contributed by atoms with Crippen molar-refractivity contribution in [1.82, 2.24) is 10.7 Å². The molecule has 11 nitrogen and oxygen atoms in total. The van der Waals surface area contributed by atoms with Crippen molar-refractivity contribution < 1.29 is 44.5 Å². The largest absolute Gasteiger partial charge is 0.480 e. The van der Waals surface area contributed by atoms with Crippen LogP contribution < -0.4 is 5.32 Å². The number of carboxylic acids is 1. The van der Waals surface area contributed by atoms with E-state index in [1.807, 2.05) is 5.32 Å². The Bertz CT molecular complexity index is 273. The van der Waals surface area contributed by atoms with Crippen molar-refractivity contribution >= 4 is 12.1 Å². The van der Waals surface area contributed by atoms with E-state index < -0.39 is 30.1 Å². The summed E-state index contributed by atoms with van der Waals surface area (Å²) in [5.74, 6) is -1.38. The standard InChI is InChI=1S/C8H16N2O9/c11-5-6(7(12)13)9-8(14)18-3-1-17-2-4-19-10(15)16/h6,11,15-16H,1-5H2,(H,9,14)(H,12,13). The monoisotopic (exact) mass is 284 g/mol. The summed E-state index contributed by atoms with van der Waals surface area (Å²) in [5.41, 5.74) is 0. The fourth-order valence-electron chi connectivity index (χ4n) is 0.843. The van der Waals surface area contributed by atoms with Gasteiger partial charge in [0.1, 0.15) is 6.61 Å². The van der Waals surface area contributed by atoms with Crippen LogP contribution in [0.2, 0.25) is 0 Å². The van der Waals surface area contributed by atoms with Gasteiger partial charge in [0.05, 0.1) is 31.8 Å². The molecule has 1 atom stereocenters. The number of hydrogen-bond donors (Lipinski definition) is 5. The molecule has 0 aliphatic heterocycles. The molecule has 5 N–H and O–H groups in total. The van der Waals surface area contributed by atoms with Gasteiger partial charge in [0.25, 0.3) is 0 Å². The number of nitrogens with zero attached hydrogens (tertiary/aromatic N) is 1. The smallest absolute Gasteiger partial charge is 0.408 e. The number of carbonyl (C=O) groups excluding carboxylic acids is 1. The van der Waals surface area contributed by atoms with Crippen LogP contribution in [-0.4, -0.2) is 77.2 Å². The number of aliphatic carboxylic acids is 1. The molecule has 0 heterocycles. The van der Waals surface area contributed by atoms with E-state index in [2.05, 4.69) is 9.57 Å². The van der Waals surface area contributed by atoms with Gasteiger partial charge >= 0.3 is 12.1 Å². The normalized spacial score (nSPS) is 12.2. The number of amides is 1. The SMILES string of the molecule is O=C(NC(CO)C(=O)O)OCCOCCON(O)O. The highest BCUT2D eigenvalue weighted by Gasteiger charge is 2.19. The molecule has 1 unspecified atom stereocenters. The predicted octanol–water partition coefficient (Wildman–Crippen LogP) is -1.81. The summed E-state index contributed by atoms with van der Waals surface area (Å²) in [6, 6.07) is -1.43. The lowest BCUT2D eigenvalue weighted by molar-refractivity contribution is -0.493. The Hall–Kier alpha value is -1.50. The second-order valence-corrected chi connectivity index (χ2v) is 3.05. The number of aliphatic hydroxyl groups is 1. The van der Waals surface area contributed by atoms with Crippen LogP contribution in [0.5, 0.6) is 0 Å². The Morgan fingerprint density at radius 3 is 2.32 bits per heavy atom. The fraction of sp³-hybridized carbons (Fsp3) is 0.750. The van der Waals surface area contributed by atoms with Crippen LogP contribution in [0.25, 0.3) is 0 Å². The third kappa shape index (κ3) is 10.1. The third-order valence-electron chi connectivity index (χ3n) is 1.67. The molecule has 0 aromatic rings. The average molecular weight is 284 g/mol. The van der Waals surface area contributed by atoms with Gasteiger partial charge in [-0.15, -0.1) is 0 Å². The molecule has 0 aliphatic rings. The van der Waals surface area contributed by atoms with Gasteiger partial charge in [-0.2, -0.15) is 0 Å². The molecule has 112 valence electrons. The number of hydrogen-bond acceptors (Lipinski definition) is 9. The first-order valence-electron chi connectivity index (χ1n) is 5.13. The first-order chi connectivity index (χ1) is 8.97. The Morgan fingerprint density at radius 2 is 1.79 bits per heavy atom. The number of nitrogens with one attached hydrogen (secondary N) is 1. The van der Waals surface area contributed by atoms with E-state index in [-0.39, 0.29) is 26.4 Å². The zero-order valence-electron chi connectivity index (χ0n) is 9.89. The molecule has 19 heavy (non-hydrogen) atoms. The molecular weight excluding hydrogens is 268 g/mol. The minimum atomic E-state index is -1.43. The lowest BCUT2D eigenvalue weighted by Crippen LogP contribution is -2.43. The van der Waals surface area contributed by atoms with Gasteiger partial charge < -0.3 is 25.0 Å². The van der Waals surface area contributed by atoms with Crippen molar-refractivity contribution in [3.05, 3.63) is 0 Å². The van der Waals surface area contributed by atoms with Crippen molar-refractivity contribution in [2.45, 2.75) is 6.04 Å². The molecule has 0 aromatic carbocycles. The summed E-state index contributed by atoms with van der Waals surface area (Å²) in [7, 11) is 0. The highest BCUT2D eigenvalue weighted by Crippen LogP contribution is 1.87. The van der Waals surface area contributed by atoms with Crippen molar-refractivity contribution in [1.29, 1.82) is 0 Å². The van der Waals surface area contributed by atoms with Crippen LogP contribution in [0.4, 0.5) is 4.79 Å². The van der Waals surface area contributed by atoms with Crippen LogP contribution >= 0.6 is 0 Å². The molecule has 0 aromatic heterocycles. The summed E-state index contributed by atoms with van der Waals surface area (Å²) < 4.78 is 9.42. The second-order valence-electron chi connectivity index (χ2n) is 3.05. The van der Waals surface area contributed by atoms with Crippen molar-refractivity contribution in [3.63, 3.8) is 0 Å². The Balaban J connectivity index is 3.51. The molecule has 0 saturated heterocycles. The lowest BCUT2D eigenvalue weighted by Gasteiger charge is -2.12. The van der Waals surface area contributed by atoms with Gasteiger partial charge in [-0.25, -0.2) is 14.4 Å². The maximum atomic E-state index is 11.0. The molecule has 0 radical (unpaired) electrons. The Labute approximate surface area is 107 Å². The fourth-order valence-corrected chi connectivity index (χ4v) is 0.843. The molecule has 0 aliphatic carbocycles. The average Bonchev–Trinajstić information content (AvgIpc) is 2.34. The molecule has 1 amide bonds. The summed E-state index contributed by atoms with van der Waals surface area (Å²) in [4.78, 5) is 25.7. The van der Waals surface area contributed by atoms with Crippen LogP contribution in [0, 0.1) is 0 Å². The van der Waals surface area contributed by atoms with E-state index in [0.717, 1.165) is 0 Å². The molecule has 0 rings (SSSR count). The van der Waals surface area contributed by atoms with E-state index >= 15 is 0 Å². The number of aliphatic hydroxyl groups excluding tert-OH is 1. The Morgan fingerprint density at radius 1 is 1.16 bits per heavy atom. The molecule has 0 spiro atoms. The maximum Gasteiger partial charge on any atom is 0.408 e. The molecule has 0 bridgehead atoms. The van der Waals surface area contributed by atoms with Gasteiger partial charge in [0.2, 0.25) is 0 Å². The van der Waals surface area contributed by atoms with Gasteiger partial charge in [0.15, 0.2) is 6.04 Å². The van der Waals surface area contributed by atoms with Gasteiger partial charge in [0, 0.05) is 0 Å². The number of carbonyl (C=O) groups is 2. The van der Waals surface area contributed by atoms with E-state index in [1.165, 1.54) is 0 Å². The minimum Gasteiger partial charge on any atom is -0.480 e. The maximum absolute atomic E-state index is 11.0. The third-order valence-corrected chi connectivity index (χ3v) is 1.67. The van der Waals surface area contributed by atoms with E-state index in [0.29, 0.717) is 0 Å². The summed E-state index contributed by atoms with van der Waals surface area (Å²) in [6.07, 6.45) is -1.00. The minimum absolute atomic E-state index is 0.00446. The first kappa shape index (κ1) is 17.5. The van der Waals surface area contributed by atoms with Gasteiger partial charge in [-0.05, 0) is 0 Å². The predicted molar refractivity (Wildman–Crippen MR) is 55.2 cm³/mol. The summed E-state index contributed by atoms with van der Waals surface area (Å²) >= 11 is 0. The summed E-state index contributed by atoms with van der Waals surface area (Å²) in [5, 5.41) is 34.9. The highest BCUT2D eigenvalue weighted by molar-refractivity contribution is 5.79. The molecule has 0 saturated carbocycles. The molecular formula is C8H16N2O9. The zero-order valence-corrected chi connectivity index (χ0v) is 9.89.